The Morgan fingerprint density at radius 2 is 1.32 bits per heavy atom. The lowest BCUT2D eigenvalue weighted by molar-refractivity contribution is -0.137. The number of azide groups is 1. The Morgan fingerprint density at radius 3 is 2.00 bits per heavy atom. The second kappa shape index (κ2) is 6.71. The van der Waals surface area contributed by atoms with Crippen LogP contribution < -0.4 is 0 Å². The predicted octanol–water partition coefficient (Wildman–Crippen LogP) is 6.98. The van der Waals surface area contributed by atoms with Crippen molar-refractivity contribution in [2.45, 2.75) is 6.18 Å². The Kier molecular flexibility index (Phi) is 4.46. The molecule has 0 atom stereocenters. The maximum atomic E-state index is 13.4. The molecule has 0 radical (unpaired) electrons. The van der Waals surface area contributed by atoms with Crippen molar-refractivity contribution in [2.75, 3.05) is 0 Å². The van der Waals surface area contributed by atoms with Crippen molar-refractivity contribution in [1.29, 1.82) is 0 Å². The third-order valence-corrected chi connectivity index (χ3v) is 3.79. The van der Waals surface area contributed by atoms with Gasteiger partial charge in [-0.2, -0.15) is 13.2 Å². The molecule has 0 amide bonds. The fourth-order valence-electron chi connectivity index (χ4n) is 2.73. The summed E-state index contributed by atoms with van der Waals surface area (Å²) in [6.07, 6.45) is -4.51. The van der Waals surface area contributed by atoms with E-state index in [0.717, 1.165) is 11.6 Å². The molecule has 0 bridgehead atoms. The summed E-state index contributed by atoms with van der Waals surface area (Å²) in [6.45, 7) is 0. The van der Waals surface area contributed by atoms with Crippen LogP contribution in [-0.2, 0) is 6.18 Å². The van der Waals surface area contributed by atoms with Crippen molar-refractivity contribution < 1.29 is 13.2 Å². The van der Waals surface area contributed by atoms with Crippen LogP contribution in [0, 0.1) is 0 Å². The molecule has 6 heteroatoms. The Morgan fingerprint density at radius 1 is 0.720 bits per heavy atom. The third kappa shape index (κ3) is 3.34. The van der Waals surface area contributed by atoms with Crippen LogP contribution in [0.4, 0.5) is 18.9 Å². The molecule has 0 aromatic heterocycles. The van der Waals surface area contributed by atoms with Gasteiger partial charge in [0.05, 0.1) is 11.3 Å². The lowest BCUT2D eigenvalue weighted by atomic mass is 9.93. The minimum atomic E-state index is -4.51. The lowest BCUT2D eigenvalue weighted by Gasteiger charge is -2.16. The van der Waals surface area contributed by atoms with E-state index in [1.165, 1.54) is 24.3 Å². The van der Waals surface area contributed by atoms with Gasteiger partial charge in [-0.3, -0.25) is 0 Å². The molecule has 0 spiro atoms. The Balaban J connectivity index is 2.31. The molecule has 0 saturated heterocycles. The van der Waals surface area contributed by atoms with Crippen LogP contribution in [-0.4, -0.2) is 0 Å². The van der Waals surface area contributed by atoms with Crippen molar-refractivity contribution >= 4 is 5.69 Å². The summed E-state index contributed by atoms with van der Waals surface area (Å²) in [5.74, 6) is 0. The molecule has 3 nitrogen and oxygen atoms in total. The highest BCUT2D eigenvalue weighted by atomic mass is 19.4. The first kappa shape index (κ1) is 16.6. The van der Waals surface area contributed by atoms with Crippen LogP contribution in [0.15, 0.2) is 77.9 Å². The Bertz CT molecular complexity index is 944. The van der Waals surface area contributed by atoms with E-state index in [2.05, 4.69) is 10.0 Å². The minimum Gasteiger partial charge on any atom is -0.166 e. The Hall–Kier alpha value is -3.24. The van der Waals surface area contributed by atoms with E-state index in [1.54, 1.807) is 12.1 Å². The molecule has 0 heterocycles. The number of hydrogen-bond acceptors (Lipinski definition) is 1. The molecular formula is C19H12F3N3. The zero-order valence-corrected chi connectivity index (χ0v) is 12.9. The first-order chi connectivity index (χ1) is 12.0. The SMILES string of the molecule is [N-]=[N+]=Nc1c(-c2ccccc2)cccc1-c1ccccc1C(F)(F)F. The lowest BCUT2D eigenvalue weighted by Crippen LogP contribution is -2.06. The van der Waals surface area contributed by atoms with Crippen LogP contribution in [0.25, 0.3) is 32.7 Å². The fourth-order valence-corrected chi connectivity index (χ4v) is 2.73. The monoisotopic (exact) mass is 339 g/mol. The van der Waals surface area contributed by atoms with E-state index >= 15 is 0 Å². The summed E-state index contributed by atoms with van der Waals surface area (Å²) in [4.78, 5) is 2.81. The maximum absolute atomic E-state index is 13.4. The van der Waals surface area contributed by atoms with Crippen LogP contribution >= 0.6 is 0 Å². The average molecular weight is 339 g/mol. The van der Waals surface area contributed by atoms with Gasteiger partial charge in [-0.1, -0.05) is 71.8 Å². The van der Waals surface area contributed by atoms with Crippen LogP contribution in [0.5, 0.6) is 0 Å². The minimum absolute atomic E-state index is 0.0184. The van der Waals surface area contributed by atoms with Gasteiger partial charge in [0.1, 0.15) is 0 Å². The van der Waals surface area contributed by atoms with Gasteiger partial charge < -0.3 is 0 Å². The Labute approximate surface area is 142 Å². The number of benzene rings is 3. The maximum Gasteiger partial charge on any atom is 0.417 e. The van der Waals surface area contributed by atoms with Crippen LogP contribution in [0.2, 0.25) is 0 Å². The summed E-state index contributed by atoms with van der Waals surface area (Å²) in [7, 11) is 0. The molecule has 0 aliphatic carbocycles. The molecule has 3 aromatic carbocycles. The molecule has 0 saturated carbocycles. The van der Waals surface area contributed by atoms with Crippen molar-refractivity contribution in [2.24, 2.45) is 5.11 Å². The quantitative estimate of drug-likeness (QED) is 0.281. The van der Waals surface area contributed by atoms with Crippen molar-refractivity contribution in [3.8, 4) is 22.3 Å². The largest absolute Gasteiger partial charge is 0.417 e. The van der Waals surface area contributed by atoms with Crippen molar-refractivity contribution in [1.82, 2.24) is 0 Å². The molecule has 3 rings (SSSR count). The van der Waals surface area contributed by atoms with Gasteiger partial charge in [-0.25, -0.2) is 0 Å². The van der Waals surface area contributed by atoms with E-state index < -0.39 is 11.7 Å². The second-order valence-corrected chi connectivity index (χ2v) is 5.30. The first-order valence-electron chi connectivity index (χ1n) is 7.42. The molecular weight excluding hydrogens is 327 g/mol. The number of rotatable bonds is 3. The van der Waals surface area contributed by atoms with Crippen molar-refractivity contribution in [3.05, 3.63) is 88.8 Å². The summed E-state index contributed by atoms with van der Waals surface area (Å²) in [5, 5.41) is 3.70. The number of alkyl halides is 3. The molecule has 0 aliphatic heterocycles. The average Bonchev–Trinajstić information content (AvgIpc) is 2.62. The molecule has 0 fully saturated rings. The van der Waals surface area contributed by atoms with E-state index in [4.69, 9.17) is 5.53 Å². The predicted molar refractivity (Wildman–Crippen MR) is 91.1 cm³/mol. The van der Waals surface area contributed by atoms with E-state index in [9.17, 15) is 13.2 Å². The summed E-state index contributed by atoms with van der Waals surface area (Å²) < 4.78 is 40.1. The number of halogens is 3. The van der Waals surface area contributed by atoms with E-state index in [1.807, 2.05) is 30.3 Å². The summed E-state index contributed by atoms with van der Waals surface area (Å²) >= 11 is 0. The smallest absolute Gasteiger partial charge is 0.166 e. The van der Waals surface area contributed by atoms with Gasteiger partial charge in [0.2, 0.25) is 0 Å². The third-order valence-electron chi connectivity index (χ3n) is 3.79. The molecule has 3 aromatic rings. The standard InChI is InChI=1S/C19H12F3N3/c20-19(21,22)17-12-5-4-9-15(17)16-11-6-10-14(18(16)24-25-23)13-7-2-1-3-8-13/h1-12H. The highest BCUT2D eigenvalue weighted by Gasteiger charge is 2.33. The topological polar surface area (TPSA) is 48.8 Å². The van der Waals surface area contributed by atoms with Crippen LogP contribution in [0.3, 0.4) is 0 Å². The zero-order chi connectivity index (χ0) is 17.9. The first-order valence-corrected chi connectivity index (χ1v) is 7.42. The zero-order valence-electron chi connectivity index (χ0n) is 12.9. The van der Waals surface area contributed by atoms with E-state index in [0.29, 0.717) is 5.56 Å². The highest BCUT2D eigenvalue weighted by molar-refractivity contribution is 5.89. The molecule has 124 valence electrons. The summed E-state index contributed by atoms with van der Waals surface area (Å²) in [5.41, 5.74) is 9.89. The summed E-state index contributed by atoms with van der Waals surface area (Å²) in [6, 6.07) is 19.2. The van der Waals surface area contributed by atoms with Gasteiger partial charge in [0.15, 0.2) is 0 Å². The van der Waals surface area contributed by atoms with Gasteiger partial charge >= 0.3 is 6.18 Å². The molecule has 25 heavy (non-hydrogen) atoms. The second-order valence-electron chi connectivity index (χ2n) is 5.30. The van der Waals surface area contributed by atoms with Gasteiger partial charge in [-0.15, -0.1) is 0 Å². The number of nitrogens with zero attached hydrogens (tertiary/aromatic N) is 3. The molecule has 0 aliphatic rings. The van der Waals surface area contributed by atoms with E-state index in [-0.39, 0.29) is 16.8 Å². The molecule has 0 N–H and O–H groups in total. The van der Waals surface area contributed by atoms with Gasteiger partial charge in [-0.05, 0) is 33.9 Å². The number of hydrogen-bond donors (Lipinski definition) is 0. The van der Waals surface area contributed by atoms with Crippen LogP contribution in [0.1, 0.15) is 5.56 Å². The highest BCUT2D eigenvalue weighted by Crippen LogP contribution is 2.44. The van der Waals surface area contributed by atoms with Crippen molar-refractivity contribution in [3.63, 3.8) is 0 Å². The van der Waals surface area contributed by atoms with Gasteiger partial charge in [0.25, 0.3) is 0 Å². The normalized spacial score (nSPS) is 11.0. The molecule has 0 unspecified atom stereocenters. The van der Waals surface area contributed by atoms with Gasteiger partial charge in [0, 0.05) is 4.91 Å². The fraction of sp³-hybridized carbons (Fsp3) is 0.0526.